The number of rotatable bonds is 8. The Balaban J connectivity index is 2.61. The number of aliphatic hydroxyl groups is 1. The molecule has 5 heteroatoms. The maximum atomic E-state index is 11.6. The van der Waals surface area contributed by atoms with E-state index in [1.54, 1.807) is 25.3 Å². The van der Waals surface area contributed by atoms with Crippen LogP contribution in [0, 0.1) is 0 Å². The highest BCUT2D eigenvalue weighted by Gasteiger charge is 2.07. The number of unbranched alkanes of at least 4 members (excludes halogenated alkanes) is 1. The fourth-order valence-electron chi connectivity index (χ4n) is 1.64. The molecule has 0 saturated carbocycles. The van der Waals surface area contributed by atoms with E-state index < -0.39 is 0 Å². The van der Waals surface area contributed by atoms with E-state index in [9.17, 15) is 4.79 Å². The highest BCUT2D eigenvalue weighted by atomic mass is 16.5. The summed E-state index contributed by atoms with van der Waals surface area (Å²) >= 11 is 0. The summed E-state index contributed by atoms with van der Waals surface area (Å²) in [6.07, 6.45) is 1.71. The first-order valence-electron chi connectivity index (χ1n) is 6.42. The summed E-state index contributed by atoms with van der Waals surface area (Å²) in [6, 6.07) is 5.28. The molecule has 0 spiro atoms. The summed E-state index contributed by atoms with van der Waals surface area (Å²) < 4.78 is 10.6. The summed E-state index contributed by atoms with van der Waals surface area (Å²) in [5.74, 6) is 1.18. The number of hydrogen-bond acceptors (Lipinski definition) is 4. The van der Waals surface area contributed by atoms with Gasteiger partial charge in [-0.05, 0) is 31.9 Å². The van der Waals surface area contributed by atoms with Crippen molar-refractivity contribution in [1.82, 2.24) is 0 Å². The number of carbonyl (C=O) groups is 1. The molecule has 1 aromatic rings. The minimum atomic E-state index is -0.0698. The second-order valence-electron chi connectivity index (χ2n) is 4.03. The molecule has 0 aliphatic heterocycles. The second-order valence-corrected chi connectivity index (χ2v) is 4.03. The fraction of sp³-hybridized carbons (Fsp3) is 0.500. The molecule has 5 nitrogen and oxygen atoms in total. The molecule has 1 amide bonds. The van der Waals surface area contributed by atoms with Gasteiger partial charge in [0.1, 0.15) is 0 Å². The quantitative estimate of drug-likeness (QED) is 0.708. The standard InChI is InChI=1S/C14H21NO4/c1-3-19-12-8-7-11(10-13(12)18-2)15-14(17)6-4-5-9-16/h7-8,10,16H,3-6,9H2,1-2H3,(H,15,17). The average molecular weight is 267 g/mol. The Morgan fingerprint density at radius 2 is 2.11 bits per heavy atom. The van der Waals surface area contributed by atoms with Crippen LogP contribution in [0.4, 0.5) is 5.69 Å². The van der Waals surface area contributed by atoms with Gasteiger partial charge in [0.05, 0.1) is 13.7 Å². The van der Waals surface area contributed by atoms with Crippen LogP contribution in [0.15, 0.2) is 18.2 Å². The predicted molar refractivity (Wildman–Crippen MR) is 73.7 cm³/mol. The van der Waals surface area contributed by atoms with Gasteiger partial charge in [0.2, 0.25) is 5.91 Å². The summed E-state index contributed by atoms with van der Waals surface area (Å²) in [5, 5.41) is 11.4. The van der Waals surface area contributed by atoms with E-state index >= 15 is 0 Å². The first-order chi connectivity index (χ1) is 9.21. The molecule has 0 radical (unpaired) electrons. The topological polar surface area (TPSA) is 67.8 Å². The van der Waals surface area contributed by atoms with Crippen LogP contribution in [-0.2, 0) is 4.79 Å². The lowest BCUT2D eigenvalue weighted by Crippen LogP contribution is -2.11. The Bertz CT molecular complexity index is 406. The molecule has 0 aliphatic rings. The molecule has 106 valence electrons. The normalized spacial score (nSPS) is 10.1. The molecule has 0 bridgehead atoms. The molecular formula is C14H21NO4. The number of aliphatic hydroxyl groups excluding tert-OH is 1. The second kappa shape index (κ2) is 8.37. The van der Waals surface area contributed by atoms with Crippen LogP contribution in [0.2, 0.25) is 0 Å². The largest absolute Gasteiger partial charge is 0.493 e. The highest BCUT2D eigenvalue weighted by Crippen LogP contribution is 2.30. The third kappa shape index (κ3) is 5.18. The van der Waals surface area contributed by atoms with Crippen LogP contribution in [0.5, 0.6) is 11.5 Å². The third-order valence-electron chi connectivity index (χ3n) is 2.56. The van der Waals surface area contributed by atoms with Gasteiger partial charge in [-0.25, -0.2) is 0 Å². The molecule has 1 aromatic carbocycles. The van der Waals surface area contributed by atoms with Crippen molar-refractivity contribution in [3.8, 4) is 11.5 Å². The molecule has 0 aliphatic carbocycles. The lowest BCUT2D eigenvalue weighted by molar-refractivity contribution is -0.116. The minimum Gasteiger partial charge on any atom is -0.493 e. The van der Waals surface area contributed by atoms with Crippen LogP contribution in [0.3, 0.4) is 0 Å². The van der Waals surface area contributed by atoms with Crippen molar-refractivity contribution < 1.29 is 19.4 Å². The number of nitrogens with one attached hydrogen (secondary N) is 1. The van der Waals surface area contributed by atoms with Gasteiger partial charge in [-0.2, -0.15) is 0 Å². The van der Waals surface area contributed by atoms with Gasteiger partial charge in [-0.3, -0.25) is 4.79 Å². The maximum Gasteiger partial charge on any atom is 0.224 e. The Hall–Kier alpha value is -1.75. The zero-order chi connectivity index (χ0) is 14.1. The number of methoxy groups -OCH3 is 1. The Morgan fingerprint density at radius 1 is 1.32 bits per heavy atom. The fourth-order valence-corrected chi connectivity index (χ4v) is 1.64. The van der Waals surface area contributed by atoms with Crippen molar-refractivity contribution in [3.63, 3.8) is 0 Å². The molecule has 1 rings (SSSR count). The van der Waals surface area contributed by atoms with E-state index in [0.717, 1.165) is 0 Å². The van der Waals surface area contributed by atoms with Crippen LogP contribution in [0.1, 0.15) is 26.2 Å². The molecule has 0 atom stereocenters. The number of ether oxygens (including phenoxy) is 2. The molecule has 0 aromatic heterocycles. The highest BCUT2D eigenvalue weighted by molar-refractivity contribution is 5.91. The van der Waals surface area contributed by atoms with E-state index in [4.69, 9.17) is 14.6 Å². The maximum absolute atomic E-state index is 11.6. The molecule has 0 unspecified atom stereocenters. The summed E-state index contributed by atoms with van der Waals surface area (Å²) in [6.45, 7) is 2.57. The summed E-state index contributed by atoms with van der Waals surface area (Å²) in [4.78, 5) is 11.6. The van der Waals surface area contributed by atoms with E-state index in [1.165, 1.54) is 0 Å². The SMILES string of the molecule is CCOc1ccc(NC(=O)CCCCO)cc1OC. The Labute approximate surface area is 113 Å². The first kappa shape index (κ1) is 15.3. The number of amides is 1. The van der Waals surface area contributed by atoms with E-state index in [1.807, 2.05) is 6.92 Å². The molecule has 0 fully saturated rings. The number of carbonyl (C=O) groups excluding carboxylic acids is 1. The van der Waals surface area contributed by atoms with Gasteiger partial charge >= 0.3 is 0 Å². The Morgan fingerprint density at radius 3 is 2.74 bits per heavy atom. The predicted octanol–water partition coefficient (Wildman–Crippen LogP) is 2.20. The third-order valence-corrected chi connectivity index (χ3v) is 2.56. The van der Waals surface area contributed by atoms with E-state index in [2.05, 4.69) is 5.32 Å². The smallest absolute Gasteiger partial charge is 0.224 e. The average Bonchev–Trinajstić information content (AvgIpc) is 2.41. The van der Waals surface area contributed by atoms with Crippen LogP contribution in [-0.4, -0.2) is 31.3 Å². The Kier molecular flexibility index (Phi) is 6.74. The van der Waals surface area contributed by atoms with Crippen molar-refractivity contribution in [3.05, 3.63) is 18.2 Å². The van der Waals surface area contributed by atoms with Gasteiger partial charge in [-0.1, -0.05) is 0 Å². The molecule has 0 saturated heterocycles. The lowest BCUT2D eigenvalue weighted by atomic mass is 10.2. The monoisotopic (exact) mass is 267 g/mol. The zero-order valence-electron chi connectivity index (χ0n) is 11.4. The van der Waals surface area contributed by atoms with Crippen LogP contribution >= 0.6 is 0 Å². The van der Waals surface area contributed by atoms with Gasteiger partial charge < -0.3 is 19.9 Å². The van der Waals surface area contributed by atoms with Gasteiger partial charge in [0.15, 0.2) is 11.5 Å². The summed E-state index contributed by atoms with van der Waals surface area (Å²) in [7, 11) is 1.56. The van der Waals surface area contributed by atoms with Gasteiger partial charge in [0, 0.05) is 24.8 Å². The molecule has 19 heavy (non-hydrogen) atoms. The minimum absolute atomic E-state index is 0.0698. The molecule has 0 heterocycles. The van der Waals surface area contributed by atoms with Crippen LogP contribution in [0.25, 0.3) is 0 Å². The van der Waals surface area contributed by atoms with Gasteiger partial charge in [-0.15, -0.1) is 0 Å². The van der Waals surface area contributed by atoms with Crippen molar-refractivity contribution in [2.75, 3.05) is 25.6 Å². The van der Waals surface area contributed by atoms with Crippen LogP contribution < -0.4 is 14.8 Å². The van der Waals surface area contributed by atoms with Crippen molar-refractivity contribution in [2.24, 2.45) is 0 Å². The van der Waals surface area contributed by atoms with Crippen molar-refractivity contribution in [1.29, 1.82) is 0 Å². The number of benzene rings is 1. The first-order valence-corrected chi connectivity index (χ1v) is 6.42. The number of anilines is 1. The zero-order valence-corrected chi connectivity index (χ0v) is 11.4. The van der Waals surface area contributed by atoms with Crippen molar-refractivity contribution in [2.45, 2.75) is 26.2 Å². The van der Waals surface area contributed by atoms with Crippen molar-refractivity contribution >= 4 is 11.6 Å². The summed E-state index contributed by atoms with van der Waals surface area (Å²) in [5.41, 5.74) is 0.675. The number of hydrogen-bond donors (Lipinski definition) is 2. The molecular weight excluding hydrogens is 246 g/mol. The van der Waals surface area contributed by atoms with E-state index in [0.29, 0.717) is 43.1 Å². The molecule has 2 N–H and O–H groups in total. The lowest BCUT2D eigenvalue weighted by Gasteiger charge is -2.11. The van der Waals surface area contributed by atoms with E-state index in [-0.39, 0.29) is 12.5 Å². The van der Waals surface area contributed by atoms with Gasteiger partial charge in [0.25, 0.3) is 0 Å².